The number of anilines is 1. The van der Waals surface area contributed by atoms with E-state index in [0.717, 1.165) is 24.6 Å². The second kappa shape index (κ2) is 4.99. The van der Waals surface area contributed by atoms with Gasteiger partial charge in [-0.25, -0.2) is 4.63 Å². The van der Waals surface area contributed by atoms with Gasteiger partial charge < -0.3 is 10.3 Å². The average Bonchev–Trinajstić information content (AvgIpc) is 3.07. The van der Waals surface area contributed by atoms with E-state index in [1.54, 1.807) is 0 Å². The molecule has 2 aromatic rings. The second-order valence-electron chi connectivity index (χ2n) is 5.08. The molecule has 2 heterocycles. The summed E-state index contributed by atoms with van der Waals surface area (Å²) in [6.45, 7) is 2.25. The van der Waals surface area contributed by atoms with Crippen LogP contribution in [0.5, 0.6) is 0 Å². The van der Waals surface area contributed by atoms with Crippen LogP contribution in [-0.2, 0) is 0 Å². The number of nitrogen functional groups attached to an aromatic ring is 1. The number of hydrogen-bond donors (Lipinski definition) is 1. The zero-order chi connectivity index (χ0) is 13.2. The highest BCUT2D eigenvalue weighted by Crippen LogP contribution is 2.36. The van der Waals surface area contributed by atoms with Crippen molar-refractivity contribution in [2.24, 2.45) is 5.92 Å². The zero-order valence-corrected chi connectivity index (χ0v) is 10.9. The zero-order valence-electron chi connectivity index (χ0n) is 10.9. The standard InChI is InChI=1S/C12H17N5O2/c1-2-7-3-5-8(6-4-7)11-14-12(18-17-11)9-10(13)16-19-15-9/h7-8H,2-6H2,1H3,(H2,13,16). The van der Waals surface area contributed by atoms with E-state index in [1.165, 1.54) is 19.3 Å². The summed E-state index contributed by atoms with van der Waals surface area (Å²) in [5.41, 5.74) is 5.92. The smallest absolute Gasteiger partial charge is 0.284 e. The maximum atomic E-state index is 5.60. The van der Waals surface area contributed by atoms with Crippen molar-refractivity contribution < 1.29 is 9.15 Å². The Bertz CT molecular complexity index is 542. The van der Waals surface area contributed by atoms with E-state index in [-0.39, 0.29) is 11.7 Å². The van der Waals surface area contributed by atoms with Gasteiger partial charge >= 0.3 is 0 Å². The minimum absolute atomic E-state index is 0.171. The van der Waals surface area contributed by atoms with Crippen LogP contribution < -0.4 is 5.73 Å². The first kappa shape index (κ1) is 12.1. The van der Waals surface area contributed by atoms with Gasteiger partial charge in [0.1, 0.15) is 0 Å². The van der Waals surface area contributed by atoms with E-state index in [0.29, 0.717) is 11.6 Å². The van der Waals surface area contributed by atoms with Crippen LogP contribution in [0.4, 0.5) is 5.82 Å². The Morgan fingerprint density at radius 2 is 1.95 bits per heavy atom. The fourth-order valence-corrected chi connectivity index (χ4v) is 2.67. The van der Waals surface area contributed by atoms with Gasteiger partial charge in [0.05, 0.1) is 0 Å². The first-order valence-electron chi connectivity index (χ1n) is 6.70. The molecule has 19 heavy (non-hydrogen) atoms. The quantitative estimate of drug-likeness (QED) is 0.906. The predicted molar refractivity (Wildman–Crippen MR) is 67.0 cm³/mol. The molecule has 1 aliphatic carbocycles. The van der Waals surface area contributed by atoms with Crippen molar-refractivity contribution in [2.75, 3.05) is 5.73 Å². The van der Waals surface area contributed by atoms with Gasteiger partial charge in [-0.05, 0) is 41.9 Å². The fourth-order valence-electron chi connectivity index (χ4n) is 2.67. The average molecular weight is 263 g/mol. The number of aromatic nitrogens is 4. The molecule has 0 spiro atoms. The molecule has 102 valence electrons. The second-order valence-corrected chi connectivity index (χ2v) is 5.08. The SMILES string of the molecule is CCC1CCC(c2noc(-c3nonc3N)n2)CC1. The van der Waals surface area contributed by atoms with Crippen LogP contribution in [0.25, 0.3) is 11.6 Å². The Morgan fingerprint density at radius 1 is 1.16 bits per heavy atom. The first-order valence-corrected chi connectivity index (χ1v) is 6.70. The van der Waals surface area contributed by atoms with Crippen LogP contribution in [0.3, 0.4) is 0 Å². The number of hydrogen-bond acceptors (Lipinski definition) is 7. The van der Waals surface area contributed by atoms with Crippen molar-refractivity contribution in [2.45, 2.75) is 44.9 Å². The third-order valence-corrected chi connectivity index (χ3v) is 3.95. The molecule has 2 aromatic heterocycles. The van der Waals surface area contributed by atoms with Crippen molar-refractivity contribution >= 4 is 5.82 Å². The fraction of sp³-hybridized carbons (Fsp3) is 0.667. The molecule has 1 aliphatic rings. The lowest BCUT2D eigenvalue weighted by molar-refractivity contribution is 0.303. The van der Waals surface area contributed by atoms with Gasteiger partial charge in [0.2, 0.25) is 11.5 Å². The third kappa shape index (κ3) is 2.32. The highest BCUT2D eigenvalue weighted by atomic mass is 16.6. The Kier molecular flexibility index (Phi) is 3.18. The van der Waals surface area contributed by atoms with Gasteiger partial charge in [-0.15, -0.1) is 0 Å². The lowest BCUT2D eigenvalue weighted by atomic mass is 9.80. The lowest BCUT2D eigenvalue weighted by Crippen LogP contribution is -2.13. The molecule has 1 fully saturated rings. The van der Waals surface area contributed by atoms with E-state index in [1.807, 2.05) is 0 Å². The molecule has 0 radical (unpaired) electrons. The highest BCUT2D eigenvalue weighted by Gasteiger charge is 2.26. The summed E-state index contributed by atoms with van der Waals surface area (Å²) >= 11 is 0. The van der Waals surface area contributed by atoms with Gasteiger partial charge in [0.15, 0.2) is 5.82 Å². The van der Waals surface area contributed by atoms with E-state index in [4.69, 9.17) is 10.3 Å². The molecule has 0 aromatic carbocycles. The number of nitrogens with two attached hydrogens (primary N) is 1. The van der Waals surface area contributed by atoms with Gasteiger partial charge in [-0.2, -0.15) is 4.98 Å². The molecule has 7 nitrogen and oxygen atoms in total. The highest BCUT2D eigenvalue weighted by molar-refractivity contribution is 5.60. The predicted octanol–water partition coefficient (Wildman–Crippen LogP) is 2.39. The summed E-state index contributed by atoms with van der Waals surface area (Å²) in [5.74, 6) is 2.42. The maximum absolute atomic E-state index is 5.60. The summed E-state index contributed by atoms with van der Waals surface area (Å²) in [6, 6.07) is 0. The van der Waals surface area contributed by atoms with Gasteiger partial charge in [-0.1, -0.05) is 18.5 Å². The molecule has 3 rings (SSSR count). The molecule has 0 amide bonds. The monoisotopic (exact) mass is 263 g/mol. The Morgan fingerprint density at radius 3 is 2.58 bits per heavy atom. The van der Waals surface area contributed by atoms with E-state index in [2.05, 4.69) is 32.0 Å². The number of rotatable bonds is 3. The van der Waals surface area contributed by atoms with Crippen LogP contribution in [0, 0.1) is 5.92 Å². The van der Waals surface area contributed by atoms with Crippen LogP contribution in [0.15, 0.2) is 9.15 Å². The van der Waals surface area contributed by atoms with Gasteiger partial charge in [0.25, 0.3) is 5.89 Å². The lowest BCUT2D eigenvalue weighted by Gasteiger charge is -2.25. The minimum atomic E-state index is 0.171. The molecule has 1 saturated carbocycles. The van der Waals surface area contributed by atoms with E-state index < -0.39 is 0 Å². The van der Waals surface area contributed by atoms with Crippen LogP contribution in [0.2, 0.25) is 0 Å². The van der Waals surface area contributed by atoms with Gasteiger partial charge in [0, 0.05) is 5.92 Å². The van der Waals surface area contributed by atoms with Crippen LogP contribution in [-0.4, -0.2) is 20.5 Å². The summed E-state index contributed by atoms with van der Waals surface area (Å²) in [5, 5.41) is 11.2. The molecule has 0 bridgehead atoms. The first-order chi connectivity index (χ1) is 9.28. The largest absolute Gasteiger partial charge is 0.379 e. The summed E-state index contributed by atoms with van der Waals surface area (Å²) in [4.78, 5) is 4.37. The maximum Gasteiger partial charge on any atom is 0.284 e. The molecule has 0 atom stereocenters. The van der Waals surface area contributed by atoms with E-state index in [9.17, 15) is 0 Å². The normalized spacial score (nSPS) is 23.6. The summed E-state index contributed by atoms with van der Waals surface area (Å²) in [6.07, 6.45) is 5.96. The molecular weight excluding hydrogens is 246 g/mol. The Balaban J connectivity index is 1.74. The van der Waals surface area contributed by atoms with Crippen molar-refractivity contribution in [3.63, 3.8) is 0 Å². The van der Waals surface area contributed by atoms with Crippen molar-refractivity contribution in [1.29, 1.82) is 0 Å². The Labute approximate surface area is 110 Å². The molecule has 0 saturated heterocycles. The number of nitrogens with zero attached hydrogens (tertiary/aromatic N) is 4. The molecule has 2 N–H and O–H groups in total. The topological polar surface area (TPSA) is 104 Å². The molecule has 7 heteroatoms. The molecule has 0 unspecified atom stereocenters. The van der Waals surface area contributed by atoms with Crippen LogP contribution in [0.1, 0.15) is 50.8 Å². The summed E-state index contributed by atoms with van der Waals surface area (Å²) in [7, 11) is 0. The summed E-state index contributed by atoms with van der Waals surface area (Å²) < 4.78 is 9.72. The third-order valence-electron chi connectivity index (χ3n) is 3.95. The van der Waals surface area contributed by atoms with Crippen molar-refractivity contribution in [3.05, 3.63) is 5.82 Å². The van der Waals surface area contributed by atoms with E-state index >= 15 is 0 Å². The molecule has 0 aliphatic heterocycles. The van der Waals surface area contributed by atoms with Crippen molar-refractivity contribution in [1.82, 2.24) is 20.5 Å². The minimum Gasteiger partial charge on any atom is -0.379 e. The Hall–Kier alpha value is -1.92. The molecular formula is C12H17N5O2. The van der Waals surface area contributed by atoms with Gasteiger partial charge in [-0.3, -0.25) is 0 Å². The van der Waals surface area contributed by atoms with Crippen molar-refractivity contribution in [3.8, 4) is 11.6 Å². The van der Waals surface area contributed by atoms with Crippen LogP contribution >= 0.6 is 0 Å².